The summed E-state index contributed by atoms with van der Waals surface area (Å²) in [6.07, 6.45) is 4.53. The van der Waals surface area contributed by atoms with Gasteiger partial charge in [-0.2, -0.15) is 0 Å². The van der Waals surface area contributed by atoms with Crippen molar-refractivity contribution in [3.8, 4) is 16.9 Å². The summed E-state index contributed by atoms with van der Waals surface area (Å²) in [6.45, 7) is 2.04. The Kier molecular flexibility index (Phi) is 3.78. The van der Waals surface area contributed by atoms with Gasteiger partial charge in [0.15, 0.2) is 5.78 Å². The first-order valence-electron chi connectivity index (χ1n) is 7.67. The molecule has 0 amide bonds. The fourth-order valence-corrected chi connectivity index (χ4v) is 3.04. The number of benzene rings is 2. The first-order chi connectivity index (χ1) is 10.2. The first kappa shape index (κ1) is 13.9. The van der Waals surface area contributed by atoms with E-state index in [1.807, 2.05) is 31.2 Å². The van der Waals surface area contributed by atoms with Crippen LogP contribution < -0.4 is 0 Å². The van der Waals surface area contributed by atoms with Gasteiger partial charge in [0.2, 0.25) is 0 Å². The number of aromatic hydroxyl groups is 1. The SMILES string of the molecule is CCc1cc(-c2ccc3c(c2)CCCCC3=O)ccc1O. The molecule has 0 saturated heterocycles. The molecule has 0 spiro atoms. The van der Waals surface area contributed by atoms with Gasteiger partial charge in [-0.15, -0.1) is 0 Å². The second kappa shape index (κ2) is 5.72. The molecule has 0 fully saturated rings. The number of carbonyl (C=O) groups excluding carboxylic acids is 1. The molecule has 2 nitrogen and oxygen atoms in total. The molecular formula is C19H20O2. The zero-order valence-electron chi connectivity index (χ0n) is 12.4. The normalized spacial score (nSPS) is 14.6. The minimum Gasteiger partial charge on any atom is -0.508 e. The van der Waals surface area contributed by atoms with E-state index < -0.39 is 0 Å². The van der Waals surface area contributed by atoms with Crippen molar-refractivity contribution in [1.29, 1.82) is 0 Å². The Labute approximate surface area is 125 Å². The molecule has 0 atom stereocenters. The maximum atomic E-state index is 12.1. The second-order valence-electron chi connectivity index (χ2n) is 5.70. The molecule has 2 aromatic carbocycles. The summed E-state index contributed by atoms with van der Waals surface area (Å²) in [5.41, 5.74) is 5.24. The molecule has 21 heavy (non-hydrogen) atoms. The quantitative estimate of drug-likeness (QED) is 0.820. The van der Waals surface area contributed by atoms with Crippen LogP contribution in [0.3, 0.4) is 0 Å². The van der Waals surface area contributed by atoms with E-state index in [2.05, 4.69) is 6.07 Å². The Morgan fingerprint density at radius 1 is 1.00 bits per heavy atom. The highest BCUT2D eigenvalue weighted by Gasteiger charge is 2.16. The number of rotatable bonds is 2. The van der Waals surface area contributed by atoms with Crippen molar-refractivity contribution in [3.05, 3.63) is 53.1 Å². The molecule has 108 valence electrons. The van der Waals surface area contributed by atoms with Crippen molar-refractivity contribution >= 4 is 5.78 Å². The number of ketones is 1. The average Bonchev–Trinajstić information content (AvgIpc) is 2.69. The van der Waals surface area contributed by atoms with Crippen LogP contribution in [0.1, 0.15) is 47.7 Å². The van der Waals surface area contributed by atoms with E-state index in [0.717, 1.165) is 47.9 Å². The molecule has 3 rings (SSSR count). The predicted molar refractivity (Wildman–Crippen MR) is 84.8 cm³/mol. The van der Waals surface area contributed by atoms with Crippen LogP contribution in [0.4, 0.5) is 0 Å². The molecule has 0 aromatic heterocycles. The average molecular weight is 280 g/mol. The van der Waals surface area contributed by atoms with Gasteiger partial charge in [-0.25, -0.2) is 0 Å². The monoisotopic (exact) mass is 280 g/mol. The molecule has 0 bridgehead atoms. The minimum absolute atomic E-state index is 0.272. The van der Waals surface area contributed by atoms with Crippen LogP contribution in [0.5, 0.6) is 5.75 Å². The molecule has 2 aromatic rings. The number of hydrogen-bond donors (Lipinski definition) is 1. The molecule has 1 aliphatic rings. The number of aryl methyl sites for hydroxylation is 2. The largest absolute Gasteiger partial charge is 0.508 e. The fourth-order valence-electron chi connectivity index (χ4n) is 3.04. The highest BCUT2D eigenvalue weighted by molar-refractivity contribution is 5.98. The summed E-state index contributed by atoms with van der Waals surface area (Å²) < 4.78 is 0. The van der Waals surface area contributed by atoms with Crippen LogP contribution in [0.25, 0.3) is 11.1 Å². The Morgan fingerprint density at radius 3 is 2.52 bits per heavy atom. The van der Waals surface area contributed by atoms with E-state index in [4.69, 9.17) is 0 Å². The van der Waals surface area contributed by atoms with Crippen LogP contribution in [0.2, 0.25) is 0 Å². The van der Waals surface area contributed by atoms with Crippen LogP contribution in [-0.4, -0.2) is 10.9 Å². The van der Waals surface area contributed by atoms with Crippen molar-refractivity contribution in [2.75, 3.05) is 0 Å². The van der Waals surface area contributed by atoms with Crippen molar-refractivity contribution in [2.45, 2.75) is 39.0 Å². The molecule has 0 saturated carbocycles. The van der Waals surface area contributed by atoms with Crippen molar-refractivity contribution in [3.63, 3.8) is 0 Å². The lowest BCUT2D eigenvalue weighted by atomic mass is 9.95. The Hall–Kier alpha value is -2.09. The van der Waals surface area contributed by atoms with Gasteiger partial charge in [-0.3, -0.25) is 4.79 Å². The summed E-state index contributed by atoms with van der Waals surface area (Å²) in [6, 6.07) is 11.9. The van der Waals surface area contributed by atoms with Gasteiger partial charge >= 0.3 is 0 Å². The van der Waals surface area contributed by atoms with Crippen LogP contribution >= 0.6 is 0 Å². The zero-order valence-corrected chi connectivity index (χ0v) is 12.4. The van der Waals surface area contributed by atoms with Gasteiger partial charge in [-0.1, -0.05) is 31.2 Å². The van der Waals surface area contributed by atoms with E-state index in [1.54, 1.807) is 6.07 Å². The molecule has 1 aliphatic carbocycles. The Balaban J connectivity index is 2.04. The third kappa shape index (κ3) is 2.71. The fraction of sp³-hybridized carbons (Fsp3) is 0.316. The predicted octanol–water partition coefficient (Wildman–Crippen LogP) is 4.53. The molecule has 0 heterocycles. The lowest BCUT2D eigenvalue weighted by Crippen LogP contribution is -2.00. The highest BCUT2D eigenvalue weighted by Crippen LogP contribution is 2.30. The third-order valence-electron chi connectivity index (χ3n) is 4.30. The molecule has 0 aliphatic heterocycles. The molecule has 1 N–H and O–H groups in total. The van der Waals surface area contributed by atoms with E-state index >= 15 is 0 Å². The number of hydrogen-bond acceptors (Lipinski definition) is 2. The van der Waals surface area contributed by atoms with Gasteiger partial charge in [0.25, 0.3) is 0 Å². The summed E-state index contributed by atoms with van der Waals surface area (Å²) >= 11 is 0. The van der Waals surface area contributed by atoms with Crippen molar-refractivity contribution in [2.24, 2.45) is 0 Å². The smallest absolute Gasteiger partial charge is 0.163 e. The third-order valence-corrected chi connectivity index (χ3v) is 4.30. The molecular weight excluding hydrogens is 260 g/mol. The van der Waals surface area contributed by atoms with E-state index in [0.29, 0.717) is 12.2 Å². The number of fused-ring (bicyclic) bond motifs is 1. The summed E-state index contributed by atoms with van der Waals surface area (Å²) in [4.78, 5) is 12.1. The maximum absolute atomic E-state index is 12.1. The van der Waals surface area contributed by atoms with Gasteiger partial charge < -0.3 is 5.11 Å². The van der Waals surface area contributed by atoms with Gasteiger partial charge in [0.05, 0.1) is 0 Å². The van der Waals surface area contributed by atoms with Gasteiger partial charge in [0.1, 0.15) is 5.75 Å². The van der Waals surface area contributed by atoms with E-state index in [1.165, 1.54) is 5.56 Å². The number of carbonyl (C=O) groups is 1. The van der Waals surface area contributed by atoms with E-state index in [-0.39, 0.29) is 5.78 Å². The Morgan fingerprint density at radius 2 is 1.71 bits per heavy atom. The second-order valence-corrected chi connectivity index (χ2v) is 5.70. The lowest BCUT2D eigenvalue weighted by molar-refractivity contribution is 0.0982. The summed E-state index contributed by atoms with van der Waals surface area (Å²) in [7, 11) is 0. The molecule has 0 unspecified atom stereocenters. The van der Waals surface area contributed by atoms with Gasteiger partial charge in [0, 0.05) is 12.0 Å². The van der Waals surface area contributed by atoms with Gasteiger partial charge in [-0.05, 0) is 60.1 Å². The summed E-state index contributed by atoms with van der Waals surface area (Å²) in [5, 5.41) is 9.80. The molecule has 2 heteroatoms. The zero-order chi connectivity index (χ0) is 14.8. The summed E-state index contributed by atoms with van der Waals surface area (Å²) in [5.74, 6) is 0.625. The van der Waals surface area contributed by atoms with Crippen LogP contribution in [0, 0.1) is 0 Å². The maximum Gasteiger partial charge on any atom is 0.163 e. The molecule has 0 radical (unpaired) electrons. The minimum atomic E-state index is 0.272. The van der Waals surface area contributed by atoms with Crippen LogP contribution in [0.15, 0.2) is 36.4 Å². The number of Topliss-reactive ketones (excluding diaryl/α,β-unsaturated/α-hetero) is 1. The standard InChI is InChI=1S/C19H20O2/c1-2-13-11-15(8-10-18(13)20)14-7-9-17-16(12-14)5-3-4-6-19(17)21/h7-12,20H,2-6H2,1H3. The van der Waals surface area contributed by atoms with E-state index in [9.17, 15) is 9.90 Å². The topological polar surface area (TPSA) is 37.3 Å². The van der Waals surface area contributed by atoms with Crippen LogP contribution in [-0.2, 0) is 12.8 Å². The van der Waals surface area contributed by atoms with Crippen molar-refractivity contribution < 1.29 is 9.90 Å². The number of phenolic OH excluding ortho intramolecular Hbond substituents is 1. The highest BCUT2D eigenvalue weighted by atomic mass is 16.3. The lowest BCUT2D eigenvalue weighted by Gasteiger charge is -2.10. The first-order valence-corrected chi connectivity index (χ1v) is 7.67. The number of phenols is 1. The Bertz CT molecular complexity index is 686. The van der Waals surface area contributed by atoms with Crippen molar-refractivity contribution in [1.82, 2.24) is 0 Å².